The molecule has 1 aromatic rings. The molecule has 2 N–H and O–H groups in total. The molecule has 1 aromatic heterocycles. The summed E-state index contributed by atoms with van der Waals surface area (Å²) in [6.07, 6.45) is 0. The standard InChI is InChI=1S/C8H12BrNOS/c1-6(4-11)10-3-7-2-8(9)12-5-7/h2,5-6,10-11H,3-4H2,1H3/t6-/m1/s1. The van der Waals surface area contributed by atoms with E-state index in [1.165, 1.54) is 5.56 Å². The van der Waals surface area contributed by atoms with Crippen molar-refractivity contribution in [3.05, 3.63) is 20.8 Å². The van der Waals surface area contributed by atoms with Crippen LogP contribution >= 0.6 is 27.3 Å². The minimum atomic E-state index is 0.170. The minimum absolute atomic E-state index is 0.170. The van der Waals surface area contributed by atoms with Gasteiger partial charge in [-0.25, -0.2) is 0 Å². The summed E-state index contributed by atoms with van der Waals surface area (Å²) in [4.78, 5) is 0. The molecule has 4 heteroatoms. The van der Waals surface area contributed by atoms with Crippen LogP contribution in [0.15, 0.2) is 15.2 Å². The molecule has 0 saturated carbocycles. The van der Waals surface area contributed by atoms with E-state index < -0.39 is 0 Å². The first-order valence-corrected chi connectivity index (χ1v) is 5.47. The molecule has 1 rings (SSSR count). The van der Waals surface area contributed by atoms with Gasteiger partial charge in [0.1, 0.15) is 0 Å². The molecule has 0 bridgehead atoms. The number of aliphatic hydroxyl groups excluding tert-OH is 1. The lowest BCUT2D eigenvalue weighted by atomic mass is 10.3. The van der Waals surface area contributed by atoms with E-state index in [0.29, 0.717) is 0 Å². The summed E-state index contributed by atoms with van der Waals surface area (Å²) in [6.45, 7) is 2.97. The van der Waals surface area contributed by atoms with Crippen LogP contribution in [0.1, 0.15) is 12.5 Å². The second-order valence-electron chi connectivity index (χ2n) is 2.72. The molecule has 68 valence electrons. The quantitative estimate of drug-likeness (QED) is 0.856. The SMILES string of the molecule is C[C@H](CO)NCc1csc(Br)c1. The third-order valence-corrected chi connectivity index (χ3v) is 3.10. The summed E-state index contributed by atoms with van der Waals surface area (Å²) in [6, 6.07) is 2.26. The normalized spacial score (nSPS) is 13.2. The molecule has 2 nitrogen and oxygen atoms in total. The van der Waals surface area contributed by atoms with Crippen LogP contribution in [-0.4, -0.2) is 17.8 Å². The van der Waals surface area contributed by atoms with Crippen LogP contribution in [0.4, 0.5) is 0 Å². The summed E-state index contributed by atoms with van der Waals surface area (Å²) < 4.78 is 1.15. The first-order valence-electron chi connectivity index (χ1n) is 3.79. The van der Waals surface area contributed by atoms with Gasteiger partial charge in [-0.1, -0.05) is 0 Å². The van der Waals surface area contributed by atoms with Crippen molar-refractivity contribution in [3.8, 4) is 0 Å². The Morgan fingerprint density at radius 1 is 1.75 bits per heavy atom. The number of nitrogens with one attached hydrogen (secondary N) is 1. The van der Waals surface area contributed by atoms with Crippen molar-refractivity contribution in [1.82, 2.24) is 5.32 Å². The molecule has 0 saturated heterocycles. The van der Waals surface area contributed by atoms with Crippen LogP contribution < -0.4 is 5.32 Å². The highest BCUT2D eigenvalue weighted by atomic mass is 79.9. The first kappa shape index (κ1) is 10.2. The van der Waals surface area contributed by atoms with Crippen molar-refractivity contribution in [2.75, 3.05) is 6.61 Å². The molecule has 0 amide bonds. The zero-order chi connectivity index (χ0) is 8.97. The molecule has 12 heavy (non-hydrogen) atoms. The predicted molar refractivity (Wildman–Crippen MR) is 55.4 cm³/mol. The van der Waals surface area contributed by atoms with Gasteiger partial charge in [0.05, 0.1) is 10.4 Å². The lowest BCUT2D eigenvalue weighted by molar-refractivity contribution is 0.251. The van der Waals surface area contributed by atoms with Crippen LogP contribution in [0.2, 0.25) is 0 Å². The van der Waals surface area contributed by atoms with Gasteiger partial charge < -0.3 is 10.4 Å². The molecular weight excluding hydrogens is 238 g/mol. The maximum absolute atomic E-state index is 8.75. The van der Waals surface area contributed by atoms with E-state index in [9.17, 15) is 0 Å². The lowest BCUT2D eigenvalue weighted by Crippen LogP contribution is -2.28. The van der Waals surface area contributed by atoms with Crippen molar-refractivity contribution in [3.63, 3.8) is 0 Å². The van der Waals surface area contributed by atoms with Crippen LogP contribution in [0, 0.1) is 0 Å². The van der Waals surface area contributed by atoms with Crippen molar-refractivity contribution in [2.24, 2.45) is 0 Å². The molecule has 1 heterocycles. The second-order valence-corrected chi connectivity index (χ2v) is 5.01. The Hall–Kier alpha value is 0.100. The summed E-state index contributed by atoms with van der Waals surface area (Å²) in [5.74, 6) is 0. The summed E-state index contributed by atoms with van der Waals surface area (Å²) in [7, 11) is 0. The highest BCUT2D eigenvalue weighted by Crippen LogP contribution is 2.20. The maximum atomic E-state index is 8.75. The van der Waals surface area contributed by atoms with E-state index in [4.69, 9.17) is 5.11 Å². The van der Waals surface area contributed by atoms with Gasteiger partial charge in [-0.3, -0.25) is 0 Å². The fourth-order valence-electron chi connectivity index (χ4n) is 0.795. The third kappa shape index (κ3) is 3.23. The molecule has 0 aliphatic heterocycles. The molecule has 0 spiro atoms. The van der Waals surface area contributed by atoms with Crippen LogP contribution in [0.3, 0.4) is 0 Å². The van der Waals surface area contributed by atoms with E-state index in [2.05, 4.69) is 32.7 Å². The average Bonchev–Trinajstić information content (AvgIpc) is 2.47. The topological polar surface area (TPSA) is 32.3 Å². The fourth-order valence-corrected chi connectivity index (χ4v) is 2.00. The molecule has 0 aliphatic carbocycles. The maximum Gasteiger partial charge on any atom is 0.0701 e. The number of hydrogen-bond acceptors (Lipinski definition) is 3. The Labute approximate surface area is 84.7 Å². The average molecular weight is 250 g/mol. The van der Waals surface area contributed by atoms with Gasteiger partial charge >= 0.3 is 0 Å². The van der Waals surface area contributed by atoms with Crippen LogP contribution in [0.25, 0.3) is 0 Å². The molecule has 0 aromatic carbocycles. The molecule has 0 aliphatic rings. The molecular formula is C8H12BrNOS. The molecule has 0 radical (unpaired) electrons. The highest BCUT2D eigenvalue weighted by Gasteiger charge is 2.00. The number of thiophene rings is 1. The van der Waals surface area contributed by atoms with Gasteiger partial charge in [-0.05, 0) is 39.9 Å². The summed E-state index contributed by atoms with van der Waals surface area (Å²) in [5.41, 5.74) is 1.26. The first-order chi connectivity index (χ1) is 5.72. The van der Waals surface area contributed by atoms with Crippen molar-refractivity contribution >= 4 is 27.3 Å². The minimum Gasteiger partial charge on any atom is -0.395 e. The largest absolute Gasteiger partial charge is 0.395 e. The van der Waals surface area contributed by atoms with E-state index in [1.807, 2.05) is 6.92 Å². The number of halogens is 1. The van der Waals surface area contributed by atoms with E-state index in [1.54, 1.807) is 11.3 Å². The number of hydrogen-bond donors (Lipinski definition) is 2. The van der Waals surface area contributed by atoms with Crippen LogP contribution in [-0.2, 0) is 6.54 Å². The smallest absolute Gasteiger partial charge is 0.0701 e. The summed E-state index contributed by atoms with van der Waals surface area (Å²) >= 11 is 5.08. The zero-order valence-electron chi connectivity index (χ0n) is 6.88. The second kappa shape index (κ2) is 4.97. The predicted octanol–water partition coefficient (Wildman–Crippen LogP) is 1.98. The third-order valence-electron chi connectivity index (χ3n) is 1.55. The summed E-state index contributed by atoms with van der Waals surface area (Å²) in [5, 5.41) is 14.0. The van der Waals surface area contributed by atoms with E-state index in [-0.39, 0.29) is 12.6 Å². The van der Waals surface area contributed by atoms with Crippen molar-refractivity contribution in [2.45, 2.75) is 19.5 Å². The Bertz CT molecular complexity index is 239. The fraction of sp³-hybridized carbons (Fsp3) is 0.500. The van der Waals surface area contributed by atoms with Gasteiger partial charge in [-0.2, -0.15) is 0 Å². The highest BCUT2D eigenvalue weighted by molar-refractivity contribution is 9.11. The lowest BCUT2D eigenvalue weighted by Gasteiger charge is -2.08. The van der Waals surface area contributed by atoms with E-state index >= 15 is 0 Å². The molecule has 1 atom stereocenters. The van der Waals surface area contributed by atoms with E-state index in [0.717, 1.165) is 10.3 Å². The van der Waals surface area contributed by atoms with Gasteiger partial charge in [0.25, 0.3) is 0 Å². The number of aliphatic hydroxyl groups is 1. The van der Waals surface area contributed by atoms with Gasteiger partial charge in [0.2, 0.25) is 0 Å². The number of rotatable bonds is 4. The van der Waals surface area contributed by atoms with Crippen LogP contribution in [0.5, 0.6) is 0 Å². The molecule has 0 fully saturated rings. The zero-order valence-corrected chi connectivity index (χ0v) is 9.28. The van der Waals surface area contributed by atoms with Gasteiger partial charge in [-0.15, -0.1) is 11.3 Å². The van der Waals surface area contributed by atoms with Gasteiger partial charge in [0.15, 0.2) is 0 Å². The Morgan fingerprint density at radius 3 is 3.00 bits per heavy atom. The Kier molecular flexibility index (Phi) is 4.21. The Balaban J connectivity index is 2.33. The van der Waals surface area contributed by atoms with Crippen molar-refractivity contribution in [1.29, 1.82) is 0 Å². The molecule has 0 unspecified atom stereocenters. The monoisotopic (exact) mass is 249 g/mol. The van der Waals surface area contributed by atoms with Gasteiger partial charge in [0, 0.05) is 12.6 Å². The Morgan fingerprint density at radius 2 is 2.50 bits per heavy atom. The van der Waals surface area contributed by atoms with Crippen molar-refractivity contribution < 1.29 is 5.11 Å².